The summed E-state index contributed by atoms with van der Waals surface area (Å²) < 4.78 is 18.7. The average molecular weight is 279 g/mol. The van der Waals surface area contributed by atoms with E-state index in [1.807, 2.05) is 6.92 Å². The first-order chi connectivity index (χ1) is 9.01. The van der Waals surface area contributed by atoms with Gasteiger partial charge in [-0.15, -0.1) is 0 Å². The molecule has 0 radical (unpaired) electrons. The first-order valence-corrected chi connectivity index (χ1v) is 6.04. The molecule has 2 rings (SSSR count). The maximum absolute atomic E-state index is 13.8. The molecule has 0 heterocycles. The highest BCUT2D eigenvalue weighted by Crippen LogP contribution is 2.21. The summed E-state index contributed by atoms with van der Waals surface area (Å²) in [4.78, 5) is 12.2. The van der Waals surface area contributed by atoms with E-state index in [1.165, 1.54) is 25.3 Å². The third-order valence-corrected chi connectivity index (χ3v) is 2.94. The highest BCUT2D eigenvalue weighted by Gasteiger charge is 2.15. The van der Waals surface area contributed by atoms with Crippen molar-refractivity contribution < 1.29 is 13.9 Å². The zero-order chi connectivity index (χ0) is 14.0. The van der Waals surface area contributed by atoms with Crippen LogP contribution >= 0.6 is 11.6 Å². The Kier molecular flexibility index (Phi) is 3.86. The van der Waals surface area contributed by atoms with Crippen molar-refractivity contribution in [3.63, 3.8) is 0 Å². The molecular weight excluding hydrogens is 267 g/mol. The van der Waals surface area contributed by atoms with Gasteiger partial charge >= 0.3 is 0 Å². The van der Waals surface area contributed by atoms with Crippen LogP contribution in [0, 0.1) is 12.7 Å². The van der Waals surface area contributed by atoms with Crippen LogP contribution in [0.2, 0.25) is 5.02 Å². The van der Waals surface area contributed by atoms with E-state index in [0.717, 1.165) is 5.56 Å². The molecule has 0 atom stereocenters. The van der Waals surface area contributed by atoms with Gasteiger partial charge in [-0.25, -0.2) is 4.39 Å². The molecule has 0 fully saturated rings. The minimum absolute atomic E-state index is 0.00228. The van der Waals surface area contributed by atoms with Gasteiger partial charge in [-0.05, 0) is 42.8 Å². The molecule has 0 saturated carbocycles. The number of aryl methyl sites for hydroxylation is 1. The Balaban J connectivity index is 2.44. The fraction of sp³-hybridized carbons (Fsp3) is 0.133. The van der Waals surface area contributed by atoms with Gasteiger partial charge in [0.15, 0.2) is 5.78 Å². The molecule has 2 aromatic carbocycles. The number of methoxy groups -OCH3 is 1. The van der Waals surface area contributed by atoms with Gasteiger partial charge in [-0.2, -0.15) is 0 Å². The summed E-state index contributed by atoms with van der Waals surface area (Å²) in [5.41, 5.74) is 1.22. The topological polar surface area (TPSA) is 26.3 Å². The molecule has 0 N–H and O–H groups in total. The van der Waals surface area contributed by atoms with Crippen molar-refractivity contribution in [2.24, 2.45) is 0 Å². The number of benzene rings is 2. The Morgan fingerprint density at radius 1 is 1.21 bits per heavy atom. The predicted molar refractivity (Wildman–Crippen MR) is 72.6 cm³/mol. The fourth-order valence-electron chi connectivity index (χ4n) is 1.83. The maximum Gasteiger partial charge on any atom is 0.196 e. The summed E-state index contributed by atoms with van der Waals surface area (Å²) in [6.07, 6.45) is 0. The molecule has 0 aromatic heterocycles. The van der Waals surface area contributed by atoms with Crippen molar-refractivity contribution in [1.82, 2.24) is 0 Å². The number of ether oxygens (including phenoxy) is 1. The van der Waals surface area contributed by atoms with Crippen LogP contribution in [0.25, 0.3) is 0 Å². The van der Waals surface area contributed by atoms with Crippen LogP contribution in [0.5, 0.6) is 5.75 Å². The first-order valence-electron chi connectivity index (χ1n) is 5.66. The van der Waals surface area contributed by atoms with Gasteiger partial charge in [-0.3, -0.25) is 4.79 Å². The molecular formula is C15H12ClFO2. The van der Waals surface area contributed by atoms with E-state index in [1.54, 1.807) is 18.2 Å². The van der Waals surface area contributed by atoms with Crippen molar-refractivity contribution in [3.05, 3.63) is 63.9 Å². The SMILES string of the molecule is COc1ccc(C(=O)c2cc(C)cc(Cl)c2)c(F)c1. The number of ketones is 1. The van der Waals surface area contributed by atoms with E-state index in [0.29, 0.717) is 16.3 Å². The highest BCUT2D eigenvalue weighted by molar-refractivity contribution is 6.31. The van der Waals surface area contributed by atoms with Crippen LogP contribution < -0.4 is 4.74 Å². The van der Waals surface area contributed by atoms with Gasteiger partial charge in [-0.1, -0.05) is 11.6 Å². The van der Waals surface area contributed by atoms with E-state index in [9.17, 15) is 9.18 Å². The summed E-state index contributed by atoms with van der Waals surface area (Å²) >= 11 is 5.90. The lowest BCUT2D eigenvalue weighted by atomic mass is 10.0. The van der Waals surface area contributed by atoms with Crippen molar-refractivity contribution in [3.8, 4) is 5.75 Å². The quantitative estimate of drug-likeness (QED) is 0.793. The molecule has 19 heavy (non-hydrogen) atoms. The van der Waals surface area contributed by atoms with Crippen molar-refractivity contribution in [1.29, 1.82) is 0 Å². The summed E-state index contributed by atoms with van der Waals surface area (Å²) in [6, 6.07) is 9.09. The highest BCUT2D eigenvalue weighted by atomic mass is 35.5. The molecule has 0 unspecified atom stereocenters. The second kappa shape index (κ2) is 5.41. The Morgan fingerprint density at radius 2 is 1.95 bits per heavy atom. The third kappa shape index (κ3) is 2.93. The van der Waals surface area contributed by atoms with Crippen LogP contribution in [0.1, 0.15) is 21.5 Å². The number of carbonyl (C=O) groups is 1. The summed E-state index contributed by atoms with van der Waals surface area (Å²) in [7, 11) is 1.44. The molecule has 0 aliphatic heterocycles. The van der Waals surface area contributed by atoms with Gasteiger partial charge < -0.3 is 4.74 Å². The Bertz CT molecular complexity index is 618. The van der Waals surface area contributed by atoms with Crippen molar-refractivity contribution >= 4 is 17.4 Å². The van der Waals surface area contributed by atoms with Gasteiger partial charge in [0.25, 0.3) is 0 Å². The number of halogens is 2. The molecule has 0 saturated heterocycles. The van der Waals surface area contributed by atoms with E-state index < -0.39 is 11.6 Å². The average Bonchev–Trinajstić information content (AvgIpc) is 2.36. The van der Waals surface area contributed by atoms with E-state index >= 15 is 0 Å². The van der Waals surface area contributed by atoms with Gasteiger partial charge in [0.1, 0.15) is 11.6 Å². The molecule has 2 aromatic rings. The Morgan fingerprint density at radius 3 is 2.53 bits per heavy atom. The number of rotatable bonds is 3. The van der Waals surface area contributed by atoms with Gasteiger partial charge in [0, 0.05) is 16.7 Å². The molecule has 0 aliphatic carbocycles. The molecule has 2 nitrogen and oxygen atoms in total. The molecule has 0 aliphatic rings. The lowest BCUT2D eigenvalue weighted by molar-refractivity contribution is 0.103. The molecule has 4 heteroatoms. The van der Waals surface area contributed by atoms with E-state index in [-0.39, 0.29) is 5.56 Å². The smallest absolute Gasteiger partial charge is 0.196 e. The maximum atomic E-state index is 13.8. The molecule has 0 spiro atoms. The van der Waals surface area contributed by atoms with Crippen LogP contribution in [0.3, 0.4) is 0 Å². The largest absolute Gasteiger partial charge is 0.497 e. The van der Waals surface area contributed by atoms with Gasteiger partial charge in [0.05, 0.1) is 12.7 Å². The molecule has 98 valence electrons. The molecule has 0 bridgehead atoms. The van der Waals surface area contributed by atoms with E-state index in [4.69, 9.17) is 16.3 Å². The second-order valence-corrected chi connectivity index (χ2v) is 4.63. The Labute approximate surface area is 115 Å². The van der Waals surface area contributed by atoms with Gasteiger partial charge in [0.2, 0.25) is 0 Å². The lowest BCUT2D eigenvalue weighted by Crippen LogP contribution is -2.05. The predicted octanol–water partition coefficient (Wildman–Crippen LogP) is 4.03. The zero-order valence-corrected chi connectivity index (χ0v) is 11.3. The van der Waals surface area contributed by atoms with Crippen LogP contribution in [-0.2, 0) is 0 Å². The summed E-state index contributed by atoms with van der Waals surface area (Å²) in [5.74, 6) is -0.635. The standard InChI is InChI=1S/C15H12ClFO2/c1-9-5-10(7-11(16)6-9)15(18)13-4-3-12(19-2)8-14(13)17/h3-8H,1-2H3. The molecule has 0 amide bonds. The minimum atomic E-state index is -0.609. The van der Waals surface area contributed by atoms with Crippen LogP contribution in [0.4, 0.5) is 4.39 Å². The third-order valence-electron chi connectivity index (χ3n) is 2.73. The minimum Gasteiger partial charge on any atom is -0.497 e. The van der Waals surface area contributed by atoms with Crippen molar-refractivity contribution in [2.75, 3.05) is 7.11 Å². The fourth-order valence-corrected chi connectivity index (χ4v) is 2.12. The monoisotopic (exact) mass is 278 g/mol. The van der Waals surface area contributed by atoms with E-state index in [2.05, 4.69) is 0 Å². The lowest BCUT2D eigenvalue weighted by Gasteiger charge is -2.06. The number of hydrogen-bond acceptors (Lipinski definition) is 2. The van der Waals surface area contributed by atoms with Crippen LogP contribution in [0.15, 0.2) is 36.4 Å². The van der Waals surface area contributed by atoms with Crippen LogP contribution in [-0.4, -0.2) is 12.9 Å². The second-order valence-electron chi connectivity index (χ2n) is 4.19. The Hall–Kier alpha value is -1.87. The normalized spacial score (nSPS) is 10.3. The summed E-state index contributed by atoms with van der Waals surface area (Å²) in [6.45, 7) is 1.83. The number of carbonyl (C=O) groups excluding carboxylic acids is 1. The number of hydrogen-bond donors (Lipinski definition) is 0. The summed E-state index contributed by atoms with van der Waals surface area (Å²) in [5, 5.41) is 0.456. The first kappa shape index (κ1) is 13.6. The van der Waals surface area contributed by atoms with Crippen molar-refractivity contribution in [2.45, 2.75) is 6.92 Å². The zero-order valence-electron chi connectivity index (χ0n) is 10.5.